The molecule has 0 N–H and O–H groups in total. The van der Waals surface area contributed by atoms with Gasteiger partial charge < -0.3 is 4.57 Å². The molecule has 32 heavy (non-hydrogen) atoms. The van der Waals surface area contributed by atoms with E-state index in [-0.39, 0.29) is 0 Å². The quantitative estimate of drug-likeness (QED) is 0.449. The normalized spacial score (nSPS) is 19.3. The first-order valence-corrected chi connectivity index (χ1v) is 12.7. The minimum absolute atomic E-state index is 0.305. The summed E-state index contributed by atoms with van der Waals surface area (Å²) >= 11 is 0. The number of aromatic nitrogens is 4. The van der Waals surface area contributed by atoms with E-state index in [0.717, 1.165) is 33.9 Å². The predicted molar refractivity (Wildman–Crippen MR) is 123 cm³/mol. The maximum atomic E-state index is 11.8. The second-order valence-corrected chi connectivity index (χ2v) is 10.7. The van der Waals surface area contributed by atoms with Gasteiger partial charge in [0.1, 0.15) is 11.5 Å². The summed E-state index contributed by atoms with van der Waals surface area (Å²) in [6, 6.07) is 17.4. The van der Waals surface area contributed by atoms with E-state index in [0.29, 0.717) is 16.9 Å². The van der Waals surface area contributed by atoms with Crippen molar-refractivity contribution in [2.24, 2.45) is 0 Å². The molecule has 3 aromatic heterocycles. The molecule has 1 aliphatic carbocycles. The topological polar surface area (TPSA) is 77.7 Å². The van der Waals surface area contributed by atoms with Crippen LogP contribution in [0.5, 0.6) is 0 Å². The molecule has 1 saturated carbocycles. The van der Waals surface area contributed by atoms with Crippen LogP contribution in [0.3, 0.4) is 0 Å². The van der Waals surface area contributed by atoms with Crippen LogP contribution in [0.25, 0.3) is 33.9 Å². The van der Waals surface area contributed by atoms with Crippen LogP contribution >= 0.6 is 0 Å². The van der Waals surface area contributed by atoms with Crippen molar-refractivity contribution in [3.8, 4) is 33.9 Å². The largest absolute Gasteiger partial charge is 0.324 e. The van der Waals surface area contributed by atoms with Crippen molar-refractivity contribution < 1.29 is 8.42 Å². The van der Waals surface area contributed by atoms with E-state index in [1.54, 1.807) is 18.3 Å². The van der Waals surface area contributed by atoms with Gasteiger partial charge in [-0.1, -0.05) is 18.2 Å². The van der Waals surface area contributed by atoms with Crippen molar-refractivity contribution in [1.82, 2.24) is 19.5 Å². The summed E-state index contributed by atoms with van der Waals surface area (Å²) < 4.78 is 26.0. The van der Waals surface area contributed by atoms with Crippen molar-refractivity contribution in [2.75, 3.05) is 6.26 Å². The van der Waals surface area contributed by atoms with E-state index in [4.69, 9.17) is 4.98 Å². The average Bonchev–Trinajstić information content (AvgIpc) is 3.52. The molecule has 0 saturated heterocycles. The van der Waals surface area contributed by atoms with Crippen molar-refractivity contribution in [3.05, 3.63) is 72.8 Å². The average molecular weight is 443 g/mol. The van der Waals surface area contributed by atoms with E-state index >= 15 is 0 Å². The summed E-state index contributed by atoms with van der Waals surface area (Å²) in [5, 5.41) is 0. The lowest BCUT2D eigenvalue weighted by Gasteiger charge is -2.17. The van der Waals surface area contributed by atoms with Crippen LogP contribution in [0.15, 0.2) is 71.9 Å². The highest BCUT2D eigenvalue weighted by Crippen LogP contribution is 2.52. The van der Waals surface area contributed by atoms with Gasteiger partial charge in [-0.25, -0.2) is 13.4 Å². The lowest BCUT2D eigenvalue weighted by Crippen LogP contribution is -2.08. The summed E-state index contributed by atoms with van der Waals surface area (Å²) in [4.78, 5) is 14.5. The Hall–Kier alpha value is -3.32. The van der Waals surface area contributed by atoms with Gasteiger partial charge in [0, 0.05) is 41.7 Å². The van der Waals surface area contributed by atoms with E-state index in [2.05, 4.69) is 20.6 Å². The molecule has 4 heterocycles. The Labute approximate surface area is 186 Å². The fourth-order valence-corrected chi connectivity index (χ4v) is 5.73. The van der Waals surface area contributed by atoms with Gasteiger partial charge in [-0.2, -0.15) is 0 Å². The van der Waals surface area contributed by atoms with Crippen LogP contribution in [0, 0.1) is 0 Å². The highest BCUT2D eigenvalue weighted by Gasteiger charge is 2.41. The number of fused-ring (bicyclic) bond motifs is 5. The highest BCUT2D eigenvalue weighted by atomic mass is 32.2. The monoisotopic (exact) mass is 442 g/mol. The molecular weight excluding hydrogens is 420 g/mol. The van der Waals surface area contributed by atoms with Gasteiger partial charge in [0.15, 0.2) is 9.84 Å². The van der Waals surface area contributed by atoms with Crippen LogP contribution in [0.2, 0.25) is 0 Å². The first-order valence-electron chi connectivity index (χ1n) is 10.8. The molecule has 7 heteroatoms. The zero-order chi connectivity index (χ0) is 21.9. The van der Waals surface area contributed by atoms with Crippen LogP contribution < -0.4 is 0 Å². The fraction of sp³-hybridized carbons (Fsp3) is 0.240. The van der Waals surface area contributed by atoms with E-state index in [1.807, 2.05) is 42.6 Å². The van der Waals surface area contributed by atoms with Gasteiger partial charge >= 0.3 is 0 Å². The van der Waals surface area contributed by atoms with Gasteiger partial charge in [0.2, 0.25) is 0 Å². The Bertz CT molecular complexity index is 1430. The molecule has 1 aliphatic heterocycles. The summed E-state index contributed by atoms with van der Waals surface area (Å²) in [5.41, 5.74) is 5.62. The minimum Gasteiger partial charge on any atom is -0.324 e. The Morgan fingerprint density at radius 3 is 2.47 bits per heavy atom. The number of rotatable bonds is 4. The number of nitrogens with zero attached hydrogens (tertiary/aromatic N) is 4. The molecule has 2 atom stereocenters. The van der Waals surface area contributed by atoms with Crippen molar-refractivity contribution in [1.29, 1.82) is 0 Å². The van der Waals surface area contributed by atoms with Crippen LogP contribution in [0.4, 0.5) is 0 Å². The molecule has 1 fully saturated rings. The SMILES string of the molecule is CS(=O)(=O)c1ccc(-c2cc(-c3c(-c4ccccn4)nc4n3C3CCC4C3)ccn2)cc1. The first-order chi connectivity index (χ1) is 15.5. The molecule has 0 radical (unpaired) electrons. The molecule has 0 spiro atoms. The first kappa shape index (κ1) is 19.4. The predicted octanol–water partition coefficient (Wildman–Crippen LogP) is 4.90. The van der Waals surface area contributed by atoms with Gasteiger partial charge in [-0.15, -0.1) is 0 Å². The maximum absolute atomic E-state index is 11.8. The molecule has 0 amide bonds. The zero-order valence-electron chi connectivity index (χ0n) is 17.6. The molecule has 6 rings (SSSR count). The maximum Gasteiger partial charge on any atom is 0.175 e. The lowest BCUT2D eigenvalue weighted by atomic mass is 10.0. The molecule has 4 aromatic rings. The molecule has 2 aliphatic rings. The number of pyridine rings is 2. The number of sulfone groups is 1. The molecule has 6 nitrogen and oxygen atoms in total. The van der Waals surface area contributed by atoms with Gasteiger partial charge in [0.25, 0.3) is 0 Å². The summed E-state index contributed by atoms with van der Waals surface area (Å²) in [6.45, 7) is 0. The standard InChI is InChI=1S/C25H22N4O2S/c1-32(30,31)20-9-6-16(7-10-20)22-15-17(11-13-27-22)24-23(21-4-2-3-12-26-21)28-25-18-5-8-19(14-18)29(24)25/h2-4,6-7,9-13,15,18-19H,5,8,14H2,1H3. The van der Waals surface area contributed by atoms with Crippen molar-refractivity contribution >= 4 is 9.84 Å². The summed E-state index contributed by atoms with van der Waals surface area (Å²) in [5.74, 6) is 1.70. The summed E-state index contributed by atoms with van der Waals surface area (Å²) in [6.07, 6.45) is 8.39. The Kier molecular flexibility index (Phi) is 4.30. The van der Waals surface area contributed by atoms with Gasteiger partial charge in [-0.3, -0.25) is 9.97 Å². The van der Waals surface area contributed by atoms with Crippen molar-refractivity contribution in [2.45, 2.75) is 36.1 Å². The molecule has 2 unspecified atom stereocenters. The van der Waals surface area contributed by atoms with Crippen molar-refractivity contribution in [3.63, 3.8) is 0 Å². The summed E-state index contributed by atoms with van der Waals surface area (Å²) in [7, 11) is -3.23. The third kappa shape index (κ3) is 3.07. The minimum atomic E-state index is -3.23. The van der Waals surface area contributed by atoms with Gasteiger partial charge in [0.05, 0.1) is 22.0 Å². The Morgan fingerprint density at radius 1 is 0.906 bits per heavy atom. The van der Waals surface area contributed by atoms with Crippen LogP contribution in [-0.4, -0.2) is 34.2 Å². The molecule has 160 valence electrons. The number of imidazole rings is 1. The number of hydrogen-bond donors (Lipinski definition) is 0. The van der Waals surface area contributed by atoms with E-state index in [9.17, 15) is 8.42 Å². The van der Waals surface area contributed by atoms with E-state index < -0.39 is 9.84 Å². The molecular formula is C25H22N4O2S. The third-order valence-electron chi connectivity index (χ3n) is 6.59. The Balaban J connectivity index is 1.49. The van der Waals surface area contributed by atoms with Gasteiger partial charge in [-0.05, 0) is 55.7 Å². The lowest BCUT2D eigenvalue weighted by molar-refractivity contribution is 0.530. The number of benzene rings is 1. The Morgan fingerprint density at radius 2 is 1.72 bits per heavy atom. The van der Waals surface area contributed by atoms with Crippen LogP contribution in [0.1, 0.15) is 37.0 Å². The second kappa shape index (κ2) is 7.10. The highest BCUT2D eigenvalue weighted by molar-refractivity contribution is 7.90. The van der Waals surface area contributed by atoms with E-state index in [1.165, 1.54) is 31.3 Å². The zero-order valence-corrected chi connectivity index (χ0v) is 18.5. The molecule has 1 aromatic carbocycles. The smallest absolute Gasteiger partial charge is 0.175 e. The molecule has 2 bridgehead atoms. The third-order valence-corrected chi connectivity index (χ3v) is 7.72. The van der Waals surface area contributed by atoms with Crippen LogP contribution in [-0.2, 0) is 9.84 Å². The second-order valence-electron chi connectivity index (χ2n) is 8.64. The number of hydrogen-bond acceptors (Lipinski definition) is 5. The fourth-order valence-electron chi connectivity index (χ4n) is 5.10.